The number of hydrogen-bond acceptors (Lipinski definition) is 7. The molecular weight excluding hydrogens is 486 g/mol. The van der Waals surface area contributed by atoms with Crippen molar-refractivity contribution in [2.24, 2.45) is 11.8 Å². The fourth-order valence-corrected chi connectivity index (χ4v) is 8.71. The van der Waals surface area contributed by atoms with E-state index in [4.69, 9.17) is 9.84 Å². The van der Waals surface area contributed by atoms with E-state index < -0.39 is 8.32 Å². The zero-order valence-corrected chi connectivity index (χ0v) is 23.4. The van der Waals surface area contributed by atoms with E-state index in [-0.39, 0.29) is 42.1 Å². The van der Waals surface area contributed by atoms with Gasteiger partial charge in [0.25, 0.3) is 0 Å². The zero-order chi connectivity index (χ0) is 26.4. The van der Waals surface area contributed by atoms with Crippen LogP contribution in [0, 0.1) is 11.8 Å². The first-order valence-electron chi connectivity index (χ1n) is 13.7. The second-order valence-electron chi connectivity index (χ2n) is 11.3. The molecule has 37 heavy (non-hydrogen) atoms. The quantitative estimate of drug-likeness (QED) is 0.330. The van der Waals surface area contributed by atoms with Crippen LogP contribution in [0.2, 0.25) is 18.6 Å². The third-order valence-corrected chi connectivity index (χ3v) is 10.4. The van der Waals surface area contributed by atoms with Crippen LogP contribution >= 0.6 is 0 Å². The van der Waals surface area contributed by atoms with Crippen molar-refractivity contribution in [3.05, 3.63) is 41.7 Å². The summed E-state index contributed by atoms with van der Waals surface area (Å²) in [4.78, 5) is 23.8. The van der Waals surface area contributed by atoms with Crippen LogP contribution in [0.25, 0.3) is 0 Å². The minimum Gasteiger partial charge on any atom is -0.432 e. The Bertz CT molecular complexity index is 1020. The standard InChI is InChI=1S/C27H43N5O4Si/c1-19-24(10-9-20-6-4-8-22(16-20)29-27(34)21-7-5-13-28-17-21)36-25(26(19)37(2,3)35)11-14-32-18-23(12-15-33)30-31-32/h4,6,8,16,18-19,21,24-26,28,33,35H,5,7,9-15,17H2,1-3H3,(H,29,34)/t19-,21?,24+,25-,26+/m0/s1. The second kappa shape index (κ2) is 12.6. The van der Waals surface area contributed by atoms with Crippen molar-refractivity contribution in [3.8, 4) is 0 Å². The van der Waals surface area contributed by atoms with Gasteiger partial charge < -0.3 is 25.3 Å². The van der Waals surface area contributed by atoms with Crippen LogP contribution in [0.3, 0.4) is 0 Å². The number of aryl methyl sites for hydroxylation is 2. The van der Waals surface area contributed by atoms with Crippen molar-refractivity contribution < 1.29 is 19.4 Å². The summed E-state index contributed by atoms with van der Waals surface area (Å²) in [7, 11) is -2.45. The van der Waals surface area contributed by atoms with Gasteiger partial charge in [0.05, 0.1) is 23.8 Å². The lowest BCUT2D eigenvalue weighted by molar-refractivity contribution is -0.120. The highest BCUT2D eigenvalue weighted by molar-refractivity contribution is 6.71. The lowest BCUT2D eigenvalue weighted by Gasteiger charge is -2.30. The van der Waals surface area contributed by atoms with Crippen molar-refractivity contribution in [2.75, 3.05) is 25.0 Å². The number of piperidine rings is 1. The van der Waals surface area contributed by atoms with Crippen molar-refractivity contribution in [1.82, 2.24) is 20.3 Å². The first kappa shape index (κ1) is 27.9. The number of aromatic nitrogens is 3. The fourth-order valence-electron chi connectivity index (χ4n) is 6.05. The molecule has 1 aromatic carbocycles. The number of aliphatic hydroxyl groups excluding tert-OH is 1. The van der Waals surface area contributed by atoms with E-state index in [9.17, 15) is 9.59 Å². The molecule has 0 bridgehead atoms. The molecule has 5 atom stereocenters. The monoisotopic (exact) mass is 529 g/mol. The van der Waals surface area contributed by atoms with E-state index in [2.05, 4.69) is 40.0 Å². The van der Waals surface area contributed by atoms with Crippen LogP contribution in [0.15, 0.2) is 30.5 Å². The maximum absolute atomic E-state index is 12.6. The average Bonchev–Trinajstić information content (AvgIpc) is 3.45. The van der Waals surface area contributed by atoms with E-state index in [1.54, 1.807) is 4.68 Å². The van der Waals surface area contributed by atoms with Gasteiger partial charge in [-0.05, 0) is 75.4 Å². The van der Waals surface area contributed by atoms with Crippen LogP contribution in [-0.4, -0.2) is 71.0 Å². The molecule has 4 rings (SSSR count). The Morgan fingerprint density at radius 3 is 2.84 bits per heavy atom. The number of nitrogens with one attached hydrogen (secondary N) is 2. The maximum Gasteiger partial charge on any atom is 0.228 e. The predicted molar refractivity (Wildman–Crippen MR) is 146 cm³/mol. The number of carbonyl (C=O) groups is 1. The molecule has 1 unspecified atom stereocenters. The van der Waals surface area contributed by atoms with Crippen LogP contribution in [-0.2, 0) is 28.9 Å². The first-order chi connectivity index (χ1) is 17.7. The molecule has 10 heteroatoms. The number of ether oxygens (including phenoxy) is 1. The normalized spacial score (nSPS) is 26.4. The lowest BCUT2D eigenvalue weighted by Crippen LogP contribution is -2.40. The molecule has 204 valence electrons. The van der Waals surface area contributed by atoms with Crippen LogP contribution in [0.5, 0.6) is 0 Å². The smallest absolute Gasteiger partial charge is 0.228 e. The highest BCUT2D eigenvalue weighted by Gasteiger charge is 2.49. The first-order valence-corrected chi connectivity index (χ1v) is 16.7. The largest absolute Gasteiger partial charge is 0.432 e. The van der Waals surface area contributed by atoms with Gasteiger partial charge in [-0.25, -0.2) is 0 Å². The Hall–Kier alpha value is -2.11. The van der Waals surface area contributed by atoms with Crippen molar-refractivity contribution in [3.63, 3.8) is 0 Å². The van der Waals surface area contributed by atoms with Gasteiger partial charge in [-0.1, -0.05) is 24.3 Å². The molecule has 2 aliphatic heterocycles. The molecule has 1 aromatic heterocycles. The summed E-state index contributed by atoms with van der Waals surface area (Å²) < 4.78 is 8.39. The van der Waals surface area contributed by atoms with Crippen molar-refractivity contribution >= 4 is 19.9 Å². The molecule has 2 fully saturated rings. The molecule has 0 spiro atoms. The zero-order valence-electron chi connectivity index (χ0n) is 22.4. The number of anilines is 1. The Morgan fingerprint density at radius 2 is 2.11 bits per heavy atom. The van der Waals surface area contributed by atoms with Crippen LogP contribution in [0.4, 0.5) is 5.69 Å². The summed E-state index contributed by atoms with van der Waals surface area (Å²) >= 11 is 0. The Labute approximate surface area is 221 Å². The summed E-state index contributed by atoms with van der Waals surface area (Å²) in [5, 5.41) is 23.8. The minimum atomic E-state index is -2.45. The SMILES string of the molecule is C[C@@H]1[C@@H]([Si](C)(C)O)[C@H](CCn2cc(CCO)nn2)O[C@@H]1CCc1cccc(NC(=O)C2CCCNC2)c1. The van der Waals surface area contributed by atoms with Gasteiger partial charge in [-0.15, -0.1) is 5.10 Å². The van der Waals surface area contributed by atoms with Crippen LogP contribution in [0.1, 0.15) is 43.9 Å². The van der Waals surface area contributed by atoms with Crippen LogP contribution < -0.4 is 10.6 Å². The highest BCUT2D eigenvalue weighted by Crippen LogP contribution is 2.45. The molecule has 0 radical (unpaired) electrons. The number of carbonyl (C=O) groups excluding carboxylic acids is 1. The molecule has 4 N–H and O–H groups in total. The average molecular weight is 530 g/mol. The fraction of sp³-hybridized carbons (Fsp3) is 0.667. The molecule has 0 aliphatic carbocycles. The number of nitrogens with zero attached hydrogens (tertiary/aromatic N) is 3. The Morgan fingerprint density at radius 1 is 1.27 bits per heavy atom. The number of aliphatic hydroxyl groups is 1. The third kappa shape index (κ3) is 7.48. The van der Waals surface area contributed by atoms with Gasteiger partial charge in [0, 0.05) is 43.5 Å². The van der Waals surface area contributed by atoms with Crippen molar-refractivity contribution in [1.29, 1.82) is 0 Å². The van der Waals surface area contributed by atoms with Gasteiger partial charge in [-0.3, -0.25) is 9.48 Å². The number of rotatable bonds is 11. The number of hydrogen-bond donors (Lipinski definition) is 4. The molecule has 2 aliphatic rings. The van der Waals surface area contributed by atoms with E-state index in [0.29, 0.717) is 13.0 Å². The molecule has 2 aromatic rings. The Balaban J connectivity index is 1.34. The summed E-state index contributed by atoms with van der Waals surface area (Å²) in [6, 6.07) is 8.13. The molecule has 1 amide bonds. The lowest BCUT2D eigenvalue weighted by atomic mass is 9.95. The maximum atomic E-state index is 12.6. The van der Waals surface area contributed by atoms with Gasteiger partial charge in [0.1, 0.15) is 0 Å². The molecule has 3 heterocycles. The van der Waals surface area contributed by atoms with E-state index in [1.165, 1.54) is 5.56 Å². The van der Waals surface area contributed by atoms with E-state index in [0.717, 1.165) is 56.6 Å². The summed E-state index contributed by atoms with van der Waals surface area (Å²) in [5.41, 5.74) is 2.95. The van der Waals surface area contributed by atoms with Gasteiger partial charge in [0.15, 0.2) is 8.32 Å². The summed E-state index contributed by atoms with van der Waals surface area (Å²) in [5.74, 6) is 0.386. The third-order valence-electron chi connectivity index (χ3n) is 7.90. The minimum absolute atomic E-state index is 0.0214. The Kier molecular flexibility index (Phi) is 9.52. The van der Waals surface area contributed by atoms with Crippen molar-refractivity contribution in [2.45, 2.75) is 82.8 Å². The summed E-state index contributed by atoms with van der Waals surface area (Å²) in [6.07, 6.45) is 6.88. The van der Waals surface area contributed by atoms with E-state index >= 15 is 0 Å². The highest BCUT2D eigenvalue weighted by atomic mass is 28.4. The molecule has 9 nitrogen and oxygen atoms in total. The van der Waals surface area contributed by atoms with E-state index in [1.807, 2.05) is 31.4 Å². The number of amides is 1. The van der Waals surface area contributed by atoms with Gasteiger partial charge in [0.2, 0.25) is 5.91 Å². The number of benzene rings is 1. The predicted octanol–water partition coefficient (Wildman–Crippen LogP) is 2.75. The molecule has 0 saturated carbocycles. The molecule has 2 saturated heterocycles. The van der Waals surface area contributed by atoms with Gasteiger partial charge in [-0.2, -0.15) is 0 Å². The van der Waals surface area contributed by atoms with Gasteiger partial charge >= 0.3 is 0 Å². The molecular formula is C27H43N5O4Si. The topological polar surface area (TPSA) is 122 Å². The summed E-state index contributed by atoms with van der Waals surface area (Å²) in [6.45, 7) is 8.70. The second-order valence-corrected chi connectivity index (χ2v) is 15.2.